The van der Waals surface area contributed by atoms with Crippen molar-refractivity contribution in [1.82, 2.24) is 0 Å². The van der Waals surface area contributed by atoms with E-state index in [4.69, 9.17) is 9.47 Å². The van der Waals surface area contributed by atoms with E-state index in [1.807, 2.05) is 49.4 Å². The molecule has 0 spiro atoms. The molecule has 0 aliphatic rings. The monoisotopic (exact) mass is 387 g/mol. The van der Waals surface area contributed by atoms with Crippen LogP contribution in [0.2, 0.25) is 0 Å². The van der Waals surface area contributed by atoms with Crippen LogP contribution in [-0.4, -0.2) is 11.9 Å². The van der Waals surface area contributed by atoms with Crippen LogP contribution in [0.3, 0.4) is 0 Å². The zero-order valence-electron chi connectivity index (χ0n) is 16.2. The van der Waals surface area contributed by atoms with Crippen molar-refractivity contribution >= 4 is 23.6 Å². The average molecular weight is 387 g/mol. The Morgan fingerprint density at radius 3 is 2.24 bits per heavy atom. The molecule has 0 aliphatic heterocycles. The number of esters is 1. The molecule has 3 rings (SSSR count). The molecule has 0 saturated heterocycles. The van der Waals surface area contributed by atoms with Gasteiger partial charge in [-0.25, -0.2) is 0 Å². The molecule has 3 aromatic carbocycles. The molecule has 0 unspecified atom stereocenters. The lowest BCUT2D eigenvalue weighted by atomic mass is 10.2. The van der Waals surface area contributed by atoms with Crippen LogP contribution in [0.15, 0.2) is 78.9 Å². The minimum Gasteiger partial charge on any atom is -0.457 e. The number of carbonyl (C=O) groups is 2. The summed E-state index contributed by atoms with van der Waals surface area (Å²) in [6.07, 6.45) is 3.14. The second kappa shape index (κ2) is 9.37. The topological polar surface area (TPSA) is 64.6 Å². The van der Waals surface area contributed by atoms with E-state index in [9.17, 15) is 9.59 Å². The van der Waals surface area contributed by atoms with E-state index in [1.165, 1.54) is 13.0 Å². The summed E-state index contributed by atoms with van der Waals surface area (Å²) in [6, 6.07) is 21.9. The molecule has 0 aliphatic carbocycles. The minimum absolute atomic E-state index is 0.256. The summed E-state index contributed by atoms with van der Waals surface area (Å²) in [5.41, 5.74) is 2.42. The molecule has 5 heteroatoms. The Morgan fingerprint density at radius 1 is 0.862 bits per heavy atom. The molecule has 3 aromatic rings. The first kappa shape index (κ1) is 19.9. The Bertz CT molecular complexity index is 1020. The molecule has 0 radical (unpaired) electrons. The summed E-state index contributed by atoms with van der Waals surface area (Å²) in [6.45, 7) is 3.26. The molecule has 0 saturated carbocycles. The summed E-state index contributed by atoms with van der Waals surface area (Å²) in [5.74, 6) is 1.20. The van der Waals surface area contributed by atoms with Crippen LogP contribution in [-0.2, 0) is 9.59 Å². The van der Waals surface area contributed by atoms with E-state index in [1.54, 1.807) is 36.4 Å². The summed E-state index contributed by atoms with van der Waals surface area (Å²) in [4.78, 5) is 23.3. The van der Waals surface area contributed by atoms with Gasteiger partial charge < -0.3 is 14.8 Å². The van der Waals surface area contributed by atoms with E-state index in [0.29, 0.717) is 17.2 Å². The van der Waals surface area contributed by atoms with Crippen LogP contribution in [0.25, 0.3) is 6.08 Å². The molecule has 0 aromatic heterocycles. The third-order valence-electron chi connectivity index (χ3n) is 4.01. The lowest BCUT2D eigenvalue weighted by Crippen LogP contribution is -2.09. The van der Waals surface area contributed by atoms with Crippen molar-refractivity contribution in [2.45, 2.75) is 13.8 Å². The van der Waals surface area contributed by atoms with Crippen molar-refractivity contribution < 1.29 is 19.1 Å². The molecule has 146 valence electrons. The van der Waals surface area contributed by atoms with Crippen molar-refractivity contribution in [3.8, 4) is 17.2 Å². The highest BCUT2D eigenvalue weighted by atomic mass is 16.5. The maximum absolute atomic E-state index is 12.3. The molecule has 1 amide bonds. The van der Waals surface area contributed by atoms with Gasteiger partial charge in [0.1, 0.15) is 17.2 Å². The smallest absolute Gasteiger partial charge is 0.308 e. The molecular formula is C24H21NO4. The Kier molecular flexibility index (Phi) is 6.43. The van der Waals surface area contributed by atoms with Crippen LogP contribution in [0.1, 0.15) is 18.1 Å². The lowest BCUT2D eigenvalue weighted by Gasteiger charge is -2.10. The number of para-hydroxylation sites is 1. The fourth-order valence-electron chi connectivity index (χ4n) is 2.58. The second-order valence-electron chi connectivity index (χ2n) is 6.38. The maximum Gasteiger partial charge on any atom is 0.308 e. The lowest BCUT2D eigenvalue weighted by molar-refractivity contribution is -0.131. The summed E-state index contributed by atoms with van der Waals surface area (Å²) >= 11 is 0. The van der Waals surface area contributed by atoms with Gasteiger partial charge in [0.25, 0.3) is 0 Å². The number of benzene rings is 3. The molecule has 0 fully saturated rings. The Balaban J connectivity index is 1.64. The van der Waals surface area contributed by atoms with Gasteiger partial charge in [-0.3, -0.25) is 9.59 Å². The second-order valence-corrected chi connectivity index (χ2v) is 6.38. The molecule has 0 heterocycles. The van der Waals surface area contributed by atoms with E-state index in [0.717, 1.165) is 16.9 Å². The van der Waals surface area contributed by atoms with Gasteiger partial charge >= 0.3 is 5.97 Å². The van der Waals surface area contributed by atoms with Gasteiger partial charge in [-0.1, -0.05) is 36.4 Å². The maximum atomic E-state index is 12.3. The fraction of sp³-hybridized carbons (Fsp3) is 0.0833. The Morgan fingerprint density at radius 2 is 1.55 bits per heavy atom. The van der Waals surface area contributed by atoms with Crippen LogP contribution in [0, 0.1) is 6.92 Å². The number of aryl methyl sites for hydroxylation is 1. The highest BCUT2D eigenvalue weighted by molar-refractivity contribution is 6.02. The quantitative estimate of drug-likeness (QED) is 0.351. The zero-order chi connectivity index (χ0) is 20.6. The fourth-order valence-corrected chi connectivity index (χ4v) is 2.58. The number of hydrogen-bond donors (Lipinski definition) is 1. The number of hydrogen-bond acceptors (Lipinski definition) is 4. The van der Waals surface area contributed by atoms with Gasteiger partial charge in [0.2, 0.25) is 5.91 Å². The van der Waals surface area contributed by atoms with Gasteiger partial charge in [-0.2, -0.15) is 0 Å². The zero-order valence-corrected chi connectivity index (χ0v) is 16.2. The molecule has 1 N–H and O–H groups in total. The average Bonchev–Trinajstić information content (AvgIpc) is 2.70. The van der Waals surface area contributed by atoms with Crippen molar-refractivity contribution in [2.75, 3.05) is 5.32 Å². The molecule has 29 heavy (non-hydrogen) atoms. The van der Waals surface area contributed by atoms with Crippen LogP contribution in [0.4, 0.5) is 5.69 Å². The van der Waals surface area contributed by atoms with Crippen LogP contribution >= 0.6 is 0 Å². The third-order valence-corrected chi connectivity index (χ3v) is 4.01. The van der Waals surface area contributed by atoms with Gasteiger partial charge in [0.05, 0.1) is 0 Å². The largest absolute Gasteiger partial charge is 0.457 e. The van der Waals surface area contributed by atoms with Gasteiger partial charge in [0.15, 0.2) is 0 Å². The highest BCUT2D eigenvalue weighted by Crippen LogP contribution is 2.26. The molecule has 0 atom stereocenters. The molecule has 5 nitrogen and oxygen atoms in total. The molecule has 0 bridgehead atoms. The SMILES string of the molecule is CC(=O)Oc1ccc(/C=C/C(=O)Nc2cc(Oc3ccccc3)ccc2C)cc1. The minimum atomic E-state index is -0.374. The summed E-state index contributed by atoms with van der Waals surface area (Å²) in [7, 11) is 0. The first-order valence-electron chi connectivity index (χ1n) is 9.11. The predicted molar refractivity (Wildman–Crippen MR) is 113 cm³/mol. The molecular weight excluding hydrogens is 366 g/mol. The van der Waals surface area contributed by atoms with E-state index < -0.39 is 0 Å². The standard InChI is InChI=1S/C24H21NO4/c1-17-8-12-22(29-20-6-4-3-5-7-20)16-23(17)25-24(27)15-11-19-9-13-21(14-10-19)28-18(2)26/h3-16H,1-2H3,(H,25,27)/b15-11+. The van der Waals surface area contributed by atoms with Crippen molar-refractivity contribution in [3.05, 3.63) is 90.0 Å². The van der Waals surface area contributed by atoms with Crippen molar-refractivity contribution in [2.24, 2.45) is 0 Å². The van der Waals surface area contributed by atoms with E-state index >= 15 is 0 Å². The summed E-state index contributed by atoms with van der Waals surface area (Å²) < 4.78 is 10.8. The number of ether oxygens (including phenoxy) is 2. The number of anilines is 1. The van der Waals surface area contributed by atoms with Crippen molar-refractivity contribution in [3.63, 3.8) is 0 Å². The Hall–Kier alpha value is -3.86. The number of nitrogens with one attached hydrogen (secondary N) is 1. The van der Waals surface area contributed by atoms with Crippen LogP contribution in [0.5, 0.6) is 17.2 Å². The number of carbonyl (C=O) groups excluding carboxylic acids is 2. The first-order valence-corrected chi connectivity index (χ1v) is 9.11. The highest BCUT2D eigenvalue weighted by Gasteiger charge is 2.05. The van der Waals surface area contributed by atoms with E-state index in [-0.39, 0.29) is 11.9 Å². The summed E-state index contributed by atoms with van der Waals surface area (Å²) in [5, 5.41) is 2.87. The first-order chi connectivity index (χ1) is 14.0. The number of rotatable bonds is 6. The number of amides is 1. The van der Waals surface area contributed by atoms with Crippen LogP contribution < -0.4 is 14.8 Å². The predicted octanol–water partition coefficient (Wildman–Crippen LogP) is 5.36. The third kappa shape index (κ3) is 6.07. The van der Waals surface area contributed by atoms with Gasteiger partial charge in [-0.05, 0) is 54.5 Å². The van der Waals surface area contributed by atoms with Gasteiger partial charge in [-0.15, -0.1) is 0 Å². The van der Waals surface area contributed by atoms with Crippen molar-refractivity contribution in [1.29, 1.82) is 0 Å². The van der Waals surface area contributed by atoms with E-state index in [2.05, 4.69) is 5.32 Å². The Labute approximate surface area is 169 Å². The normalized spacial score (nSPS) is 10.6. The van der Waals surface area contributed by atoms with Gasteiger partial charge in [0, 0.05) is 24.8 Å².